The molecule has 3 amide bonds. The highest BCUT2D eigenvalue weighted by Gasteiger charge is 2.46. The van der Waals surface area contributed by atoms with Gasteiger partial charge in [0.25, 0.3) is 0 Å². The molecule has 0 bridgehead atoms. The first-order chi connectivity index (χ1) is 21.4. The topological polar surface area (TPSA) is 172 Å². The van der Waals surface area contributed by atoms with Gasteiger partial charge in [-0.2, -0.15) is 4.31 Å². The largest absolute Gasteiger partial charge is 0.519 e. The molecule has 2 aromatic rings. The van der Waals surface area contributed by atoms with Gasteiger partial charge in [-0.1, -0.05) is 18.2 Å². The smallest absolute Gasteiger partial charge is 0.493 e. The molecule has 0 unspecified atom stereocenters. The van der Waals surface area contributed by atoms with Crippen molar-refractivity contribution in [3.05, 3.63) is 52.0 Å². The van der Waals surface area contributed by atoms with Crippen LogP contribution in [0.25, 0.3) is 0 Å². The number of rotatable bonds is 9. The molecule has 3 aliphatic heterocycles. The monoisotopic (exact) mass is 647 g/mol. The Labute approximate surface area is 262 Å². The van der Waals surface area contributed by atoms with Crippen molar-refractivity contribution < 1.29 is 36.4 Å². The fraction of sp³-hybridized carbons (Fsp3) is 0.600. The maximum Gasteiger partial charge on any atom is 0.519 e. The van der Waals surface area contributed by atoms with E-state index in [0.717, 1.165) is 5.56 Å². The molecule has 0 saturated carbocycles. The number of para-hydroxylation sites is 1. The van der Waals surface area contributed by atoms with Gasteiger partial charge < -0.3 is 29.1 Å². The highest BCUT2D eigenvalue weighted by Crippen LogP contribution is 2.34. The second-order valence-corrected chi connectivity index (χ2v) is 14.1. The van der Waals surface area contributed by atoms with E-state index in [2.05, 4.69) is 10.6 Å². The van der Waals surface area contributed by atoms with Crippen molar-refractivity contribution >= 4 is 27.7 Å². The number of aryl methyl sites for hydroxylation is 1. The van der Waals surface area contributed by atoms with Gasteiger partial charge in [0.15, 0.2) is 5.76 Å². The van der Waals surface area contributed by atoms with E-state index in [1.54, 1.807) is 30.7 Å². The molecule has 1 aromatic carbocycles. The summed E-state index contributed by atoms with van der Waals surface area (Å²) in [6, 6.07) is 4.11. The van der Waals surface area contributed by atoms with Crippen LogP contribution in [0.5, 0.6) is 5.75 Å². The van der Waals surface area contributed by atoms with Crippen LogP contribution in [0, 0.1) is 6.92 Å². The molecule has 4 heterocycles. The van der Waals surface area contributed by atoms with E-state index in [9.17, 15) is 27.6 Å². The molecule has 0 aliphatic carbocycles. The van der Waals surface area contributed by atoms with Crippen molar-refractivity contribution in [3.63, 3.8) is 0 Å². The Morgan fingerprint density at radius 2 is 1.82 bits per heavy atom. The van der Waals surface area contributed by atoms with Crippen LogP contribution in [0.3, 0.4) is 0 Å². The Kier molecular flexibility index (Phi) is 9.70. The summed E-state index contributed by atoms with van der Waals surface area (Å²) < 4.78 is 42.9. The van der Waals surface area contributed by atoms with Gasteiger partial charge in [-0.25, -0.2) is 13.2 Å². The third kappa shape index (κ3) is 6.94. The van der Waals surface area contributed by atoms with Crippen LogP contribution in [-0.4, -0.2) is 96.9 Å². The van der Waals surface area contributed by atoms with Crippen LogP contribution in [0.4, 0.5) is 0 Å². The van der Waals surface area contributed by atoms with Crippen molar-refractivity contribution in [2.45, 2.75) is 83.2 Å². The van der Waals surface area contributed by atoms with E-state index in [4.69, 9.17) is 13.6 Å². The van der Waals surface area contributed by atoms with Crippen molar-refractivity contribution in [2.75, 3.05) is 32.5 Å². The van der Waals surface area contributed by atoms with Gasteiger partial charge in [0.2, 0.25) is 27.7 Å². The summed E-state index contributed by atoms with van der Waals surface area (Å²) in [6.45, 7) is 5.18. The second-order valence-electron chi connectivity index (χ2n) is 11.9. The lowest BCUT2D eigenvalue weighted by Gasteiger charge is -2.39. The lowest BCUT2D eigenvalue weighted by molar-refractivity contribution is -0.145. The Balaban J connectivity index is 1.35. The summed E-state index contributed by atoms with van der Waals surface area (Å²) in [5.74, 6) is -1.03. The molecule has 2 fully saturated rings. The molecule has 0 radical (unpaired) electrons. The Morgan fingerprint density at radius 1 is 1.07 bits per heavy atom. The molecule has 246 valence electrons. The minimum atomic E-state index is -3.68. The van der Waals surface area contributed by atoms with Gasteiger partial charge in [0.1, 0.15) is 23.6 Å². The Hall–Kier alpha value is -3.69. The number of fused-ring (bicyclic) bond motifs is 2. The van der Waals surface area contributed by atoms with E-state index in [0.29, 0.717) is 43.8 Å². The minimum Gasteiger partial charge on any atom is -0.493 e. The van der Waals surface area contributed by atoms with Crippen LogP contribution >= 0.6 is 0 Å². The number of amides is 3. The van der Waals surface area contributed by atoms with Crippen molar-refractivity contribution in [1.29, 1.82) is 0 Å². The molecule has 14 nitrogen and oxygen atoms in total. The minimum absolute atomic E-state index is 0.0902. The van der Waals surface area contributed by atoms with E-state index in [-0.39, 0.29) is 49.1 Å². The quantitative estimate of drug-likeness (QED) is 0.399. The summed E-state index contributed by atoms with van der Waals surface area (Å²) in [5.41, 5.74) is 0.874. The second kappa shape index (κ2) is 13.3. The predicted octanol–water partition coefficient (Wildman–Crippen LogP) is 0.901. The van der Waals surface area contributed by atoms with Crippen LogP contribution in [0.2, 0.25) is 0 Å². The molecular weight excluding hydrogens is 606 g/mol. The number of ether oxygens (including phenoxy) is 1. The number of carbonyl (C=O) groups excluding carboxylic acids is 3. The zero-order valence-electron chi connectivity index (χ0n) is 26.0. The molecular formula is C30H41N5O9S. The molecule has 15 heteroatoms. The van der Waals surface area contributed by atoms with Gasteiger partial charge in [0.05, 0.1) is 31.0 Å². The van der Waals surface area contributed by atoms with Crippen LogP contribution in [-0.2, 0) is 31.0 Å². The molecule has 5 atom stereocenters. The van der Waals surface area contributed by atoms with Crippen LogP contribution in [0.1, 0.15) is 62.7 Å². The standard InChI is InChI=1S/C30H41N5O9S/c1-5-45(40,41)34-14-12-20-10-11-24(28(37)31-22-13-15-42-25-9-7-6-8-21(22)25)35(20)29(38)23(16-34)32-27(36)18(2)33(4)17-26-19(3)43-30(39)44-26/h6-9,18,20,22-24H,5,10-17H2,1-4H3,(H,31,37)(H,32,36)/t18-,20+,22+,23-,24-/m0/s1. The number of nitrogens with one attached hydrogen (secondary N) is 2. The van der Waals surface area contributed by atoms with Gasteiger partial charge in [0, 0.05) is 31.1 Å². The number of carbonyl (C=O) groups is 3. The summed E-state index contributed by atoms with van der Waals surface area (Å²) in [7, 11) is -2.03. The third-order valence-corrected chi connectivity index (χ3v) is 10.9. The molecule has 45 heavy (non-hydrogen) atoms. The molecule has 1 aromatic heterocycles. The van der Waals surface area contributed by atoms with Crippen LogP contribution < -0.4 is 21.2 Å². The molecule has 2 N–H and O–H groups in total. The number of hydrogen-bond acceptors (Lipinski definition) is 10. The zero-order chi connectivity index (χ0) is 32.5. The fourth-order valence-electron chi connectivity index (χ4n) is 6.28. The van der Waals surface area contributed by atoms with Gasteiger partial charge >= 0.3 is 5.82 Å². The van der Waals surface area contributed by atoms with Gasteiger partial charge in [-0.05, 0) is 53.1 Å². The predicted molar refractivity (Wildman–Crippen MR) is 162 cm³/mol. The summed E-state index contributed by atoms with van der Waals surface area (Å²) in [5, 5.41) is 5.89. The highest BCUT2D eigenvalue weighted by molar-refractivity contribution is 7.89. The summed E-state index contributed by atoms with van der Waals surface area (Å²) in [6.07, 6.45) is 1.92. The highest BCUT2D eigenvalue weighted by atomic mass is 32.2. The van der Waals surface area contributed by atoms with E-state index in [1.807, 2.05) is 24.3 Å². The number of benzene rings is 1. The summed E-state index contributed by atoms with van der Waals surface area (Å²) >= 11 is 0. The number of hydrogen-bond donors (Lipinski definition) is 2. The van der Waals surface area contributed by atoms with Crippen molar-refractivity contribution in [3.8, 4) is 5.75 Å². The maximum absolute atomic E-state index is 14.2. The van der Waals surface area contributed by atoms with Crippen molar-refractivity contribution in [2.24, 2.45) is 0 Å². The molecule has 2 saturated heterocycles. The first kappa shape index (κ1) is 32.7. The zero-order valence-corrected chi connectivity index (χ0v) is 26.8. The first-order valence-corrected chi connectivity index (χ1v) is 16.9. The summed E-state index contributed by atoms with van der Waals surface area (Å²) in [4.78, 5) is 56.1. The Morgan fingerprint density at radius 3 is 2.53 bits per heavy atom. The number of sulfonamides is 1. The fourth-order valence-corrected chi connectivity index (χ4v) is 7.41. The van der Waals surface area contributed by atoms with Crippen LogP contribution in [0.15, 0.2) is 37.9 Å². The third-order valence-electron chi connectivity index (χ3n) is 9.07. The van der Waals surface area contributed by atoms with E-state index < -0.39 is 45.8 Å². The van der Waals surface area contributed by atoms with E-state index in [1.165, 1.54) is 11.2 Å². The normalized spacial score (nSPS) is 24.6. The average molecular weight is 648 g/mol. The SMILES string of the molecule is CCS(=O)(=O)N1CC[C@H]2CC[C@@H](C(=O)N[C@@H]3CCOc4ccccc43)N2C(=O)[C@@H](NC(=O)[C@H](C)N(C)Cc2oc(=O)oc2C)C1. The number of nitrogens with zero attached hydrogens (tertiary/aromatic N) is 3. The average Bonchev–Trinajstić information content (AvgIpc) is 3.58. The number of likely N-dealkylation sites (N-methyl/N-ethyl adjacent to an activating group) is 1. The van der Waals surface area contributed by atoms with Crippen molar-refractivity contribution in [1.82, 2.24) is 24.7 Å². The lowest BCUT2D eigenvalue weighted by atomic mass is 10.00. The molecule has 0 spiro atoms. The Bertz CT molecular complexity index is 1590. The van der Waals surface area contributed by atoms with Gasteiger partial charge in [-0.15, -0.1) is 0 Å². The molecule has 3 aliphatic rings. The maximum atomic E-state index is 14.2. The lowest BCUT2D eigenvalue weighted by Crippen LogP contribution is -2.62. The molecule has 5 rings (SSSR count). The first-order valence-electron chi connectivity index (χ1n) is 15.3. The van der Waals surface area contributed by atoms with E-state index >= 15 is 0 Å². The van der Waals surface area contributed by atoms with Gasteiger partial charge in [-0.3, -0.25) is 19.3 Å².